The number of rotatable bonds is 1. The van der Waals surface area contributed by atoms with Gasteiger partial charge >= 0.3 is 0 Å². The van der Waals surface area contributed by atoms with Crippen LogP contribution in [-0.4, -0.2) is 0 Å². The zero-order valence-electron chi connectivity index (χ0n) is 4.70. The second-order valence-electron chi connectivity index (χ2n) is 1.65. The molecule has 0 nitrogen and oxygen atoms in total. The summed E-state index contributed by atoms with van der Waals surface area (Å²) >= 11 is 6.76. The topological polar surface area (TPSA) is 0 Å². The molecule has 0 saturated heterocycles. The highest BCUT2D eigenvalue weighted by atomic mass is 79.9. The Hall–Kier alpha value is 0.180. The van der Waals surface area contributed by atoms with E-state index >= 15 is 0 Å². The molecule has 0 unspecified atom stereocenters. The van der Waals surface area contributed by atoms with Gasteiger partial charge in [0.1, 0.15) is 0 Å². The van der Waals surface area contributed by atoms with Crippen molar-refractivity contribution >= 4 is 31.9 Å². The molecule has 0 saturated carbocycles. The van der Waals surface area contributed by atoms with Gasteiger partial charge in [0, 0.05) is 9.80 Å². The Labute approximate surface area is 71.5 Å². The minimum absolute atomic E-state index is 0.880. The Morgan fingerprint density at radius 2 is 2.33 bits per heavy atom. The molecular weight excluding hydrogens is 244 g/mol. The third-order valence-electron chi connectivity index (χ3n) is 1.03. The van der Waals surface area contributed by atoms with Crippen LogP contribution in [0.2, 0.25) is 0 Å². The summed E-state index contributed by atoms with van der Waals surface area (Å²) in [6.07, 6.45) is 0. The lowest BCUT2D eigenvalue weighted by Gasteiger charge is -1.95. The molecule has 47 valence electrons. The van der Waals surface area contributed by atoms with Gasteiger partial charge in [-0.25, -0.2) is 0 Å². The maximum Gasteiger partial charge on any atom is 0.0294 e. The minimum Gasteiger partial charge on any atom is -0.0876 e. The predicted octanol–water partition coefficient (Wildman–Crippen LogP) is 3.14. The molecule has 0 aliphatic rings. The van der Waals surface area contributed by atoms with Gasteiger partial charge in [-0.05, 0) is 23.8 Å². The van der Waals surface area contributed by atoms with E-state index in [1.165, 1.54) is 5.56 Å². The quantitative estimate of drug-likeness (QED) is 0.670. The van der Waals surface area contributed by atoms with Crippen LogP contribution in [0.1, 0.15) is 5.56 Å². The average molecular weight is 249 g/mol. The largest absolute Gasteiger partial charge is 0.0876 e. The van der Waals surface area contributed by atoms with E-state index in [0.717, 1.165) is 9.80 Å². The molecule has 0 atom stereocenters. The minimum atomic E-state index is 0.880. The summed E-state index contributed by atoms with van der Waals surface area (Å²) in [4.78, 5) is 0. The fourth-order valence-corrected chi connectivity index (χ4v) is 1.78. The van der Waals surface area contributed by atoms with Gasteiger partial charge in [0.25, 0.3) is 0 Å². The molecule has 0 aliphatic carbocycles. The molecule has 0 aromatic heterocycles. The lowest BCUT2D eigenvalue weighted by molar-refractivity contribution is 1.40. The molecule has 1 radical (unpaired) electrons. The second-order valence-corrected chi connectivity index (χ2v) is 3.07. The molecule has 1 aromatic carbocycles. The van der Waals surface area contributed by atoms with Crippen LogP contribution in [0.3, 0.4) is 0 Å². The van der Waals surface area contributed by atoms with E-state index in [4.69, 9.17) is 0 Å². The Morgan fingerprint density at radius 1 is 1.56 bits per heavy atom. The maximum absolute atomic E-state index is 3.41. The molecule has 1 aromatic rings. The summed E-state index contributed by atoms with van der Waals surface area (Å²) in [7, 11) is 0. The summed E-state index contributed by atoms with van der Waals surface area (Å²) in [5.41, 5.74) is 1.23. The van der Waals surface area contributed by atoms with Crippen molar-refractivity contribution in [2.24, 2.45) is 0 Å². The van der Waals surface area contributed by atoms with Gasteiger partial charge < -0.3 is 0 Å². The van der Waals surface area contributed by atoms with E-state index in [1.54, 1.807) is 0 Å². The highest BCUT2D eigenvalue weighted by Crippen LogP contribution is 2.17. The number of benzene rings is 1. The van der Waals surface area contributed by atoms with Crippen LogP contribution in [0.4, 0.5) is 0 Å². The van der Waals surface area contributed by atoms with Gasteiger partial charge in [-0.2, -0.15) is 0 Å². The Morgan fingerprint density at radius 3 is 2.78 bits per heavy atom. The predicted molar refractivity (Wildman–Crippen MR) is 45.6 cm³/mol. The van der Waals surface area contributed by atoms with Crippen LogP contribution < -0.4 is 0 Å². The number of hydrogen-bond donors (Lipinski definition) is 0. The first-order valence-corrected chi connectivity index (χ1v) is 4.46. The molecule has 9 heavy (non-hydrogen) atoms. The SMILES string of the molecule is BrCc1c[c]ccc1Br. The van der Waals surface area contributed by atoms with Gasteiger partial charge in [-0.3, -0.25) is 0 Å². The summed E-state index contributed by atoms with van der Waals surface area (Å²) in [6.45, 7) is 0. The first-order chi connectivity index (χ1) is 4.34. The lowest BCUT2D eigenvalue weighted by atomic mass is 10.2. The molecule has 0 spiro atoms. The Balaban J connectivity index is 3.01. The third kappa shape index (κ3) is 1.80. The number of halogens is 2. The van der Waals surface area contributed by atoms with E-state index in [0.29, 0.717) is 0 Å². The van der Waals surface area contributed by atoms with Crippen molar-refractivity contribution in [3.8, 4) is 0 Å². The molecule has 0 amide bonds. The van der Waals surface area contributed by atoms with Crippen molar-refractivity contribution in [2.75, 3.05) is 0 Å². The Bertz CT molecular complexity index is 196. The van der Waals surface area contributed by atoms with Gasteiger partial charge in [0.15, 0.2) is 0 Å². The van der Waals surface area contributed by atoms with Crippen molar-refractivity contribution in [3.63, 3.8) is 0 Å². The van der Waals surface area contributed by atoms with Crippen LogP contribution in [-0.2, 0) is 5.33 Å². The monoisotopic (exact) mass is 247 g/mol. The van der Waals surface area contributed by atoms with Gasteiger partial charge in [0.05, 0.1) is 0 Å². The third-order valence-corrected chi connectivity index (χ3v) is 2.41. The summed E-state index contributed by atoms with van der Waals surface area (Å²) in [5.74, 6) is 0. The van der Waals surface area contributed by atoms with Crippen molar-refractivity contribution in [1.82, 2.24) is 0 Å². The fraction of sp³-hybridized carbons (Fsp3) is 0.143. The second kappa shape index (κ2) is 3.37. The van der Waals surface area contributed by atoms with Crippen molar-refractivity contribution in [1.29, 1.82) is 0 Å². The molecular formula is C7H5Br2. The van der Waals surface area contributed by atoms with Gasteiger partial charge in [0.2, 0.25) is 0 Å². The van der Waals surface area contributed by atoms with E-state index in [2.05, 4.69) is 37.9 Å². The summed E-state index contributed by atoms with van der Waals surface area (Å²) in [6, 6.07) is 8.82. The van der Waals surface area contributed by atoms with E-state index in [-0.39, 0.29) is 0 Å². The van der Waals surface area contributed by atoms with Crippen LogP contribution in [0, 0.1) is 6.07 Å². The molecule has 1 rings (SSSR count). The zero-order valence-corrected chi connectivity index (χ0v) is 7.87. The highest BCUT2D eigenvalue weighted by Gasteiger charge is 1.92. The summed E-state index contributed by atoms with van der Waals surface area (Å²) in [5, 5.41) is 0.880. The highest BCUT2D eigenvalue weighted by molar-refractivity contribution is 9.10. The van der Waals surface area contributed by atoms with Crippen molar-refractivity contribution in [3.05, 3.63) is 34.3 Å². The Kier molecular flexibility index (Phi) is 2.73. The first-order valence-electron chi connectivity index (χ1n) is 2.55. The molecule has 2 heteroatoms. The van der Waals surface area contributed by atoms with Gasteiger partial charge in [-0.15, -0.1) is 0 Å². The molecule has 0 bridgehead atoms. The molecule has 0 N–H and O–H groups in total. The zero-order chi connectivity index (χ0) is 6.69. The number of hydrogen-bond acceptors (Lipinski definition) is 0. The molecule has 0 heterocycles. The molecule has 0 aliphatic heterocycles. The number of alkyl halides is 1. The lowest BCUT2D eigenvalue weighted by Crippen LogP contribution is -1.76. The van der Waals surface area contributed by atoms with E-state index < -0.39 is 0 Å². The van der Waals surface area contributed by atoms with Crippen LogP contribution in [0.15, 0.2) is 22.7 Å². The van der Waals surface area contributed by atoms with Crippen LogP contribution >= 0.6 is 31.9 Å². The fourth-order valence-electron chi connectivity index (χ4n) is 0.548. The van der Waals surface area contributed by atoms with E-state index in [1.807, 2.05) is 18.2 Å². The summed E-state index contributed by atoms with van der Waals surface area (Å²) < 4.78 is 1.14. The van der Waals surface area contributed by atoms with E-state index in [9.17, 15) is 0 Å². The maximum atomic E-state index is 3.41. The first kappa shape index (κ1) is 7.29. The molecule has 0 fully saturated rings. The smallest absolute Gasteiger partial charge is 0.0294 e. The van der Waals surface area contributed by atoms with Gasteiger partial charge in [-0.1, -0.05) is 37.9 Å². The van der Waals surface area contributed by atoms with Crippen LogP contribution in [0.25, 0.3) is 0 Å². The standard InChI is InChI=1S/C7H5Br2/c8-5-6-3-1-2-4-7(6)9/h2-4H,5H2. The van der Waals surface area contributed by atoms with Crippen molar-refractivity contribution in [2.45, 2.75) is 5.33 Å². The average Bonchev–Trinajstić information content (AvgIpc) is 1.89. The normalized spacial score (nSPS) is 9.56. The van der Waals surface area contributed by atoms with Crippen LogP contribution in [0.5, 0.6) is 0 Å². The van der Waals surface area contributed by atoms with Crippen molar-refractivity contribution < 1.29 is 0 Å².